The number of aryl methyl sites for hydroxylation is 1. The molecule has 0 bridgehead atoms. The molecule has 2 aliphatic rings. The molecule has 1 aliphatic carbocycles. The molecule has 4 nitrogen and oxygen atoms in total. The van der Waals surface area contributed by atoms with E-state index in [4.69, 9.17) is 14.7 Å². The van der Waals surface area contributed by atoms with E-state index in [2.05, 4.69) is 104 Å². The molecule has 10 rings (SSSR count). The van der Waals surface area contributed by atoms with Gasteiger partial charge in [-0.2, -0.15) is 0 Å². The lowest BCUT2D eigenvalue weighted by molar-refractivity contribution is 0.486. The predicted molar refractivity (Wildman–Crippen MR) is 188 cm³/mol. The van der Waals surface area contributed by atoms with Crippen LogP contribution in [0.2, 0.25) is 0 Å². The number of ether oxygens (including phenoxy) is 1. The summed E-state index contributed by atoms with van der Waals surface area (Å²) in [6, 6.07) is 39.3. The maximum absolute atomic E-state index is 6.29. The number of rotatable bonds is 3. The predicted octanol–water partition coefficient (Wildman–Crippen LogP) is 10.9. The van der Waals surface area contributed by atoms with E-state index in [-0.39, 0.29) is 5.41 Å². The second-order valence-electron chi connectivity index (χ2n) is 13.3. The van der Waals surface area contributed by atoms with Crippen LogP contribution in [0.4, 0.5) is 0 Å². The summed E-state index contributed by atoms with van der Waals surface area (Å²) in [7, 11) is 0. The van der Waals surface area contributed by atoms with E-state index < -0.39 is 0 Å². The Morgan fingerprint density at radius 1 is 0.652 bits per heavy atom. The van der Waals surface area contributed by atoms with Gasteiger partial charge in [0, 0.05) is 21.8 Å². The van der Waals surface area contributed by atoms with Crippen molar-refractivity contribution in [3.05, 3.63) is 126 Å². The van der Waals surface area contributed by atoms with Gasteiger partial charge in [-0.05, 0) is 87.5 Å². The summed E-state index contributed by atoms with van der Waals surface area (Å²) in [6.45, 7) is 7.00. The summed E-state index contributed by atoms with van der Waals surface area (Å²) in [4.78, 5) is 10.5. The number of aromatic nitrogens is 3. The molecule has 0 atom stereocenters. The minimum absolute atomic E-state index is 0.156. The summed E-state index contributed by atoms with van der Waals surface area (Å²) in [5, 5.41) is 6.10. The van der Waals surface area contributed by atoms with E-state index in [1.807, 2.05) is 30.3 Å². The van der Waals surface area contributed by atoms with E-state index >= 15 is 0 Å². The van der Waals surface area contributed by atoms with Crippen LogP contribution in [0.25, 0.3) is 71.8 Å². The fraction of sp³-hybridized carbons (Fsp3) is 0.143. The van der Waals surface area contributed by atoms with Crippen LogP contribution in [0.1, 0.15) is 43.9 Å². The van der Waals surface area contributed by atoms with E-state index in [1.54, 1.807) is 0 Å². The molecule has 0 N–H and O–H groups in total. The Hall–Kier alpha value is -5.48. The molecule has 0 radical (unpaired) electrons. The first-order chi connectivity index (χ1) is 22.5. The van der Waals surface area contributed by atoms with Crippen LogP contribution < -0.4 is 4.74 Å². The minimum atomic E-state index is -0.156. The average Bonchev–Trinajstić information content (AvgIpc) is 3.52. The zero-order chi connectivity index (χ0) is 30.7. The Labute approximate surface area is 266 Å². The summed E-state index contributed by atoms with van der Waals surface area (Å²) in [5.41, 5.74) is 11.7. The third-order valence-corrected chi connectivity index (χ3v) is 10.3. The van der Waals surface area contributed by atoms with Crippen molar-refractivity contribution in [3.63, 3.8) is 0 Å². The Kier molecular flexibility index (Phi) is 5.07. The summed E-state index contributed by atoms with van der Waals surface area (Å²) in [5.74, 6) is 2.29. The van der Waals surface area contributed by atoms with Crippen LogP contribution >= 0.6 is 0 Å². The molecule has 2 aromatic heterocycles. The van der Waals surface area contributed by atoms with Crippen molar-refractivity contribution in [1.82, 2.24) is 14.5 Å². The third-order valence-electron chi connectivity index (χ3n) is 10.3. The molecular weight excluding hydrogens is 562 g/mol. The molecule has 0 saturated heterocycles. The van der Waals surface area contributed by atoms with Crippen LogP contribution in [-0.2, 0) is 11.8 Å². The highest BCUT2D eigenvalue weighted by Crippen LogP contribution is 2.54. The van der Waals surface area contributed by atoms with E-state index in [9.17, 15) is 0 Å². The van der Waals surface area contributed by atoms with Crippen LogP contribution in [0.5, 0.6) is 11.5 Å². The average molecular weight is 594 g/mol. The molecule has 4 heteroatoms. The molecule has 8 aromatic rings. The van der Waals surface area contributed by atoms with Gasteiger partial charge < -0.3 is 4.74 Å². The molecule has 3 heterocycles. The van der Waals surface area contributed by atoms with Gasteiger partial charge in [-0.1, -0.05) is 93.9 Å². The standard InChI is InChI=1S/C42H31N3O/c1-4-11-24-12-9-15-27-25(24)20-21-31-38(27)30-22-29-26-13-5-7-17-34(26)45(35(29)23-32(30)42(31,2)3)41-43-33-16-10-19-37-39(33)40(44-41)28-14-6-8-18-36(28)46-37/h5-10,12-23H,4,11H2,1-3H3. The van der Waals surface area contributed by atoms with Gasteiger partial charge in [0.1, 0.15) is 11.5 Å². The van der Waals surface area contributed by atoms with Crippen molar-refractivity contribution in [1.29, 1.82) is 0 Å². The highest BCUT2D eigenvalue weighted by molar-refractivity contribution is 6.14. The zero-order valence-electron chi connectivity index (χ0n) is 26.1. The lowest BCUT2D eigenvalue weighted by atomic mass is 9.81. The highest BCUT2D eigenvalue weighted by atomic mass is 16.5. The molecular formula is C42H31N3O. The molecule has 6 aromatic carbocycles. The van der Waals surface area contributed by atoms with Crippen molar-refractivity contribution in [3.8, 4) is 39.8 Å². The Morgan fingerprint density at radius 2 is 1.46 bits per heavy atom. The fourth-order valence-electron chi connectivity index (χ4n) is 8.21. The lowest BCUT2D eigenvalue weighted by Gasteiger charge is -2.22. The number of para-hydroxylation sites is 2. The summed E-state index contributed by atoms with van der Waals surface area (Å²) < 4.78 is 8.56. The SMILES string of the molecule is CCCc1cccc2c3c(ccc12)C(C)(C)c1cc2c(cc1-3)c1ccccc1n2-c1nc2c3c(cccc3n1)Oc1ccccc1-2. The van der Waals surface area contributed by atoms with Crippen molar-refractivity contribution in [2.24, 2.45) is 0 Å². The number of benzene rings is 6. The monoisotopic (exact) mass is 593 g/mol. The number of hydrogen-bond acceptors (Lipinski definition) is 3. The molecule has 0 unspecified atom stereocenters. The maximum atomic E-state index is 6.29. The first-order valence-corrected chi connectivity index (χ1v) is 16.2. The van der Waals surface area contributed by atoms with Crippen LogP contribution in [0.3, 0.4) is 0 Å². The number of nitrogens with zero attached hydrogens (tertiary/aromatic N) is 3. The van der Waals surface area contributed by atoms with Gasteiger partial charge in [-0.15, -0.1) is 0 Å². The van der Waals surface area contributed by atoms with Gasteiger partial charge >= 0.3 is 0 Å². The van der Waals surface area contributed by atoms with E-state index in [0.29, 0.717) is 5.95 Å². The van der Waals surface area contributed by atoms with Gasteiger partial charge in [0.15, 0.2) is 0 Å². The van der Waals surface area contributed by atoms with Gasteiger partial charge in [-0.25, -0.2) is 9.97 Å². The molecule has 220 valence electrons. The summed E-state index contributed by atoms with van der Waals surface area (Å²) >= 11 is 0. The molecule has 0 fully saturated rings. The normalized spacial score (nSPS) is 14.1. The number of hydrogen-bond donors (Lipinski definition) is 0. The van der Waals surface area contributed by atoms with Gasteiger partial charge in [0.25, 0.3) is 0 Å². The van der Waals surface area contributed by atoms with Crippen molar-refractivity contribution >= 4 is 43.5 Å². The zero-order valence-corrected chi connectivity index (χ0v) is 26.1. The Morgan fingerprint density at radius 3 is 2.37 bits per heavy atom. The van der Waals surface area contributed by atoms with Crippen molar-refractivity contribution in [2.75, 3.05) is 0 Å². The van der Waals surface area contributed by atoms with Crippen LogP contribution in [-0.4, -0.2) is 14.5 Å². The van der Waals surface area contributed by atoms with Gasteiger partial charge in [-0.3, -0.25) is 4.57 Å². The first-order valence-electron chi connectivity index (χ1n) is 16.2. The lowest BCUT2D eigenvalue weighted by Crippen LogP contribution is -2.15. The fourth-order valence-corrected chi connectivity index (χ4v) is 8.21. The highest BCUT2D eigenvalue weighted by Gasteiger charge is 2.38. The minimum Gasteiger partial charge on any atom is -0.456 e. The second kappa shape index (κ2) is 9.04. The van der Waals surface area contributed by atoms with Crippen molar-refractivity contribution in [2.45, 2.75) is 39.0 Å². The van der Waals surface area contributed by atoms with Gasteiger partial charge in [0.2, 0.25) is 5.95 Å². The third kappa shape index (κ3) is 3.28. The van der Waals surface area contributed by atoms with E-state index in [0.717, 1.165) is 57.5 Å². The molecule has 0 saturated carbocycles. The molecule has 0 amide bonds. The topological polar surface area (TPSA) is 39.9 Å². The first kappa shape index (κ1) is 25.8. The number of fused-ring (bicyclic) bond motifs is 10. The smallest absolute Gasteiger partial charge is 0.235 e. The van der Waals surface area contributed by atoms with Crippen molar-refractivity contribution < 1.29 is 4.74 Å². The van der Waals surface area contributed by atoms with Crippen LogP contribution in [0.15, 0.2) is 109 Å². The van der Waals surface area contributed by atoms with E-state index in [1.165, 1.54) is 49.4 Å². The Bertz CT molecular complexity index is 2610. The van der Waals surface area contributed by atoms with Crippen LogP contribution in [0, 0.1) is 0 Å². The molecule has 46 heavy (non-hydrogen) atoms. The van der Waals surface area contributed by atoms with Gasteiger partial charge in [0.05, 0.1) is 27.6 Å². The second-order valence-corrected chi connectivity index (χ2v) is 13.3. The quantitative estimate of drug-likeness (QED) is 0.205. The maximum Gasteiger partial charge on any atom is 0.235 e. The molecule has 0 spiro atoms. The largest absolute Gasteiger partial charge is 0.456 e. The summed E-state index contributed by atoms with van der Waals surface area (Å²) in [6.07, 6.45) is 2.22. The Balaban J connectivity index is 1.29. The molecule has 1 aliphatic heterocycles.